The lowest BCUT2D eigenvalue weighted by molar-refractivity contribution is -0.138. The molecule has 1 heterocycles. The van der Waals surface area contributed by atoms with Gasteiger partial charge in [-0.05, 0) is 40.9 Å². The lowest BCUT2D eigenvalue weighted by atomic mass is 9.50. The fraction of sp³-hybridized carbons (Fsp3) is 0.625. The van der Waals surface area contributed by atoms with Crippen LogP contribution in [0.3, 0.4) is 0 Å². The number of esters is 1. The molecule has 1 N–H and O–H groups in total. The van der Waals surface area contributed by atoms with Crippen LogP contribution in [0, 0.1) is 5.92 Å². The summed E-state index contributed by atoms with van der Waals surface area (Å²) in [5, 5.41) is 3.11. The molecule has 2 unspecified atom stereocenters. The Morgan fingerprint density at radius 2 is 2.26 bits per heavy atom. The van der Waals surface area contributed by atoms with Crippen LogP contribution in [0.1, 0.15) is 32.6 Å². The van der Waals surface area contributed by atoms with Gasteiger partial charge in [-0.3, -0.25) is 4.79 Å². The van der Waals surface area contributed by atoms with Gasteiger partial charge < -0.3 is 14.7 Å². The fourth-order valence-electron chi connectivity index (χ4n) is 3.43. The van der Waals surface area contributed by atoms with Crippen LogP contribution in [0.4, 0.5) is 0 Å². The highest BCUT2D eigenvalue weighted by Gasteiger charge is 2.50. The summed E-state index contributed by atoms with van der Waals surface area (Å²) in [7, 11) is 0. The van der Waals surface area contributed by atoms with Crippen LogP contribution in [0.25, 0.3) is 0 Å². The van der Waals surface area contributed by atoms with Crippen molar-refractivity contribution in [2.45, 2.75) is 50.5 Å². The van der Waals surface area contributed by atoms with Crippen LogP contribution in [-0.2, 0) is 19.0 Å². The second-order valence-electron chi connectivity index (χ2n) is 6.33. The van der Waals surface area contributed by atoms with E-state index in [0.29, 0.717) is 22.4 Å². The van der Waals surface area contributed by atoms with Gasteiger partial charge >= 0.3 is 12.9 Å². The highest BCUT2D eigenvalue weighted by molar-refractivity contribution is 14.1. The molecule has 0 radical (unpaired) electrons. The van der Waals surface area contributed by atoms with Gasteiger partial charge in [0.15, 0.2) is 0 Å². The molecule has 124 valence electrons. The highest BCUT2D eigenvalue weighted by Crippen LogP contribution is 2.45. The van der Waals surface area contributed by atoms with Crippen molar-refractivity contribution in [2.24, 2.45) is 5.92 Å². The molecule has 2 fully saturated rings. The summed E-state index contributed by atoms with van der Waals surface area (Å²) in [5.74, 6) is 0.382. The molecule has 1 saturated heterocycles. The smallest absolute Gasteiger partial charge is 0.337 e. The zero-order chi connectivity index (χ0) is 16.4. The van der Waals surface area contributed by atoms with E-state index in [1.807, 2.05) is 35.6 Å². The molecule has 1 saturated carbocycles. The van der Waals surface area contributed by atoms with E-state index in [0.717, 1.165) is 19.3 Å². The van der Waals surface area contributed by atoms with E-state index in [-0.39, 0.29) is 36.8 Å². The second kappa shape index (κ2) is 7.38. The molecule has 7 heteroatoms. The minimum atomic E-state index is -0.302. The maximum Gasteiger partial charge on any atom is 0.337 e. The van der Waals surface area contributed by atoms with E-state index >= 15 is 0 Å². The quantitative estimate of drug-likeness (QED) is 0.316. The normalized spacial score (nSPS) is 29.6. The SMILES string of the molecule is CCC(=O)N[C@H]1CC2C=CC=C(C(=O)OCI)C2OB1C1CC1. The molecule has 3 atom stereocenters. The summed E-state index contributed by atoms with van der Waals surface area (Å²) in [5.41, 5.74) is 0.597. The van der Waals surface area contributed by atoms with Crippen molar-refractivity contribution < 1.29 is 19.0 Å². The molecular formula is C16H21BINO4. The van der Waals surface area contributed by atoms with E-state index in [2.05, 4.69) is 11.4 Å². The molecular weight excluding hydrogens is 408 g/mol. The lowest BCUT2D eigenvalue weighted by Crippen LogP contribution is -2.56. The summed E-state index contributed by atoms with van der Waals surface area (Å²) in [6.45, 7) is 1.85. The van der Waals surface area contributed by atoms with Crippen LogP contribution in [-0.4, -0.2) is 35.5 Å². The Labute approximate surface area is 150 Å². The first-order valence-electron chi connectivity index (χ1n) is 8.20. The van der Waals surface area contributed by atoms with Crippen LogP contribution >= 0.6 is 22.6 Å². The number of hydrogen-bond acceptors (Lipinski definition) is 4. The summed E-state index contributed by atoms with van der Waals surface area (Å²) in [6.07, 6.45) is 9.06. The Bertz CT molecular complexity index is 546. The highest BCUT2D eigenvalue weighted by atomic mass is 127. The van der Waals surface area contributed by atoms with E-state index in [1.54, 1.807) is 6.08 Å². The van der Waals surface area contributed by atoms with Crippen molar-refractivity contribution in [3.8, 4) is 0 Å². The van der Waals surface area contributed by atoms with Gasteiger partial charge in [0.05, 0.1) is 11.7 Å². The van der Waals surface area contributed by atoms with E-state index in [4.69, 9.17) is 9.39 Å². The minimum Gasteiger partial charge on any atom is -0.452 e. The molecule has 3 aliphatic rings. The molecule has 1 amide bonds. The van der Waals surface area contributed by atoms with Gasteiger partial charge in [0, 0.05) is 18.3 Å². The van der Waals surface area contributed by atoms with Crippen molar-refractivity contribution in [3.05, 3.63) is 23.8 Å². The topological polar surface area (TPSA) is 64.6 Å². The number of nitrogens with one attached hydrogen (secondary N) is 1. The summed E-state index contributed by atoms with van der Waals surface area (Å²) < 4.78 is 11.8. The molecule has 5 nitrogen and oxygen atoms in total. The standard InChI is InChI=1S/C16H21BINO4/c1-2-14(20)19-13-8-10-4-3-5-12(16(21)22-9-18)15(10)23-17(13)11-6-7-11/h3-5,10-11,13,15H,2,6-9H2,1H3,(H,19,20)/t10?,13-,15?/m0/s1. The molecule has 0 aromatic carbocycles. The first-order valence-corrected chi connectivity index (χ1v) is 9.72. The monoisotopic (exact) mass is 429 g/mol. The molecule has 1 aliphatic heterocycles. The van der Waals surface area contributed by atoms with Crippen LogP contribution in [0.2, 0.25) is 5.82 Å². The van der Waals surface area contributed by atoms with Crippen molar-refractivity contribution in [2.75, 3.05) is 4.61 Å². The number of rotatable bonds is 5. The van der Waals surface area contributed by atoms with Crippen molar-refractivity contribution in [1.82, 2.24) is 5.32 Å². The molecule has 0 aromatic heterocycles. The number of hydrogen-bond donors (Lipinski definition) is 1. The summed E-state index contributed by atoms with van der Waals surface area (Å²) in [6, 6.07) is 0. The average molecular weight is 429 g/mol. The van der Waals surface area contributed by atoms with Crippen molar-refractivity contribution in [3.63, 3.8) is 0 Å². The predicted molar refractivity (Wildman–Crippen MR) is 96.1 cm³/mol. The molecule has 2 aliphatic carbocycles. The Kier molecular flexibility index (Phi) is 5.46. The van der Waals surface area contributed by atoms with Crippen molar-refractivity contribution >= 4 is 41.4 Å². The van der Waals surface area contributed by atoms with Gasteiger partial charge in [-0.25, -0.2) is 4.79 Å². The summed E-state index contributed by atoms with van der Waals surface area (Å²) in [4.78, 5) is 24.0. The Morgan fingerprint density at radius 3 is 2.91 bits per heavy atom. The van der Waals surface area contributed by atoms with Crippen molar-refractivity contribution in [1.29, 1.82) is 0 Å². The maximum atomic E-state index is 12.2. The number of ether oxygens (including phenoxy) is 1. The summed E-state index contributed by atoms with van der Waals surface area (Å²) >= 11 is 2.02. The average Bonchev–Trinajstić information content (AvgIpc) is 3.38. The minimum absolute atomic E-state index is 0.00551. The predicted octanol–water partition coefficient (Wildman–Crippen LogP) is 2.41. The second-order valence-corrected chi connectivity index (χ2v) is 6.96. The molecule has 0 spiro atoms. The molecule has 23 heavy (non-hydrogen) atoms. The van der Waals surface area contributed by atoms with Crippen LogP contribution < -0.4 is 5.32 Å². The Balaban J connectivity index is 1.76. The first-order chi connectivity index (χ1) is 11.1. The number of alkyl halides is 1. The number of allylic oxidation sites excluding steroid dienone is 2. The van der Waals surface area contributed by atoms with Gasteiger partial charge in [0.1, 0.15) is 4.61 Å². The largest absolute Gasteiger partial charge is 0.452 e. The first kappa shape index (κ1) is 17.0. The van der Waals surface area contributed by atoms with Gasteiger partial charge in [0.2, 0.25) is 5.91 Å². The maximum absolute atomic E-state index is 12.2. The Morgan fingerprint density at radius 1 is 1.48 bits per heavy atom. The van der Waals surface area contributed by atoms with Gasteiger partial charge in [-0.1, -0.05) is 31.9 Å². The van der Waals surface area contributed by atoms with Gasteiger partial charge in [0.25, 0.3) is 0 Å². The molecule has 0 bridgehead atoms. The van der Waals surface area contributed by atoms with Crippen LogP contribution in [0.5, 0.6) is 0 Å². The Hall–Kier alpha value is -0.825. The van der Waals surface area contributed by atoms with E-state index in [1.165, 1.54) is 0 Å². The zero-order valence-electron chi connectivity index (χ0n) is 13.2. The number of fused-ring (bicyclic) bond motifs is 1. The van der Waals surface area contributed by atoms with E-state index < -0.39 is 0 Å². The number of amides is 1. The third-order valence-corrected chi connectivity index (χ3v) is 5.04. The van der Waals surface area contributed by atoms with Gasteiger partial charge in [-0.2, -0.15) is 0 Å². The fourth-order valence-corrected chi connectivity index (χ4v) is 3.71. The van der Waals surface area contributed by atoms with E-state index in [9.17, 15) is 9.59 Å². The number of carbonyl (C=O) groups is 2. The van der Waals surface area contributed by atoms with Gasteiger partial charge in [-0.15, -0.1) is 0 Å². The number of halogens is 1. The zero-order valence-corrected chi connectivity index (χ0v) is 15.3. The van der Waals surface area contributed by atoms with Crippen LogP contribution in [0.15, 0.2) is 23.8 Å². The number of carbonyl (C=O) groups excluding carboxylic acids is 2. The third-order valence-electron chi connectivity index (χ3n) is 4.73. The lowest BCUT2D eigenvalue weighted by Gasteiger charge is -2.41. The molecule has 0 aromatic rings. The third kappa shape index (κ3) is 3.82. The molecule has 3 rings (SSSR count).